The first-order valence-corrected chi connectivity index (χ1v) is 12.0. The number of rotatable bonds is 7. The molecule has 3 aromatic rings. The fraction of sp³-hybridized carbons (Fsp3) is 0.370. The Hall–Kier alpha value is -3.45. The third-order valence-corrected chi connectivity index (χ3v) is 6.37. The molecule has 1 aromatic heterocycles. The van der Waals surface area contributed by atoms with Crippen LogP contribution in [0.25, 0.3) is 10.9 Å². The molecule has 1 aliphatic heterocycles. The van der Waals surface area contributed by atoms with Gasteiger partial charge in [0.2, 0.25) is 5.91 Å². The summed E-state index contributed by atoms with van der Waals surface area (Å²) in [6.07, 6.45) is 2.28. The van der Waals surface area contributed by atoms with Gasteiger partial charge in [-0.25, -0.2) is 4.79 Å². The third-order valence-electron chi connectivity index (χ3n) is 6.37. The molecule has 0 saturated carbocycles. The van der Waals surface area contributed by atoms with E-state index in [9.17, 15) is 9.59 Å². The smallest absolute Gasteiger partial charge is 0.319 e. The van der Waals surface area contributed by atoms with Crippen molar-refractivity contribution in [3.8, 4) is 0 Å². The molecule has 1 fully saturated rings. The molecule has 4 rings (SSSR count). The van der Waals surface area contributed by atoms with Crippen LogP contribution in [0, 0.1) is 13.8 Å². The van der Waals surface area contributed by atoms with Crippen molar-refractivity contribution in [2.24, 2.45) is 0 Å². The lowest BCUT2D eigenvalue weighted by atomic mass is 10.0. The topological polar surface area (TPSA) is 86.4 Å². The van der Waals surface area contributed by atoms with Gasteiger partial charge >= 0.3 is 6.03 Å². The number of hydrogen-bond acceptors (Lipinski definition) is 4. The highest BCUT2D eigenvalue weighted by Gasteiger charge is 2.21. The van der Waals surface area contributed by atoms with Gasteiger partial charge in [-0.05, 0) is 49.9 Å². The summed E-state index contributed by atoms with van der Waals surface area (Å²) in [6.45, 7) is 7.13. The van der Waals surface area contributed by atoms with Gasteiger partial charge in [-0.15, -0.1) is 0 Å². The SMILES string of the molecule is Cc1cc(NC(=O)NCCN2CCC(NC(=O)Cc3ccccc3C)CC2)c2ccccc2n1. The van der Waals surface area contributed by atoms with Gasteiger partial charge in [-0.3, -0.25) is 9.78 Å². The molecule has 3 N–H and O–H groups in total. The van der Waals surface area contributed by atoms with Crippen LogP contribution < -0.4 is 16.0 Å². The highest BCUT2D eigenvalue weighted by atomic mass is 16.2. The van der Waals surface area contributed by atoms with E-state index >= 15 is 0 Å². The summed E-state index contributed by atoms with van der Waals surface area (Å²) in [5.41, 5.74) is 4.73. The molecular formula is C27H33N5O2. The van der Waals surface area contributed by atoms with Gasteiger partial charge in [0.1, 0.15) is 0 Å². The Morgan fingerprint density at radius 1 is 1.03 bits per heavy atom. The Balaban J connectivity index is 1.17. The first kappa shape index (κ1) is 23.7. The van der Waals surface area contributed by atoms with Crippen molar-refractivity contribution in [1.29, 1.82) is 0 Å². The first-order valence-electron chi connectivity index (χ1n) is 12.0. The summed E-state index contributed by atoms with van der Waals surface area (Å²) < 4.78 is 0. The number of para-hydroxylation sites is 1. The van der Waals surface area contributed by atoms with Crippen LogP contribution >= 0.6 is 0 Å². The first-order chi connectivity index (χ1) is 16.5. The molecule has 0 bridgehead atoms. The van der Waals surface area contributed by atoms with E-state index in [0.29, 0.717) is 13.0 Å². The number of pyridine rings is 1. The number of nitrogens with one attached hydrogen (secondary N) is 3. The normalized spacial score (nSPS) is 14.6. The van der Waals surface area contributed by atoms with Gasteiger partial charge < -0.3 is 20.9 Å². The van der Waals surface area contributed by atoms with Crippen molar-refractivity contribution in [1.82, 2.24) is 20.5 Å². The van der Waals surface area contributed by atoms with Crippen LogP contribution in [-0.2, 0) is 11.2 Å². The second-order valence-electron chi connectivity index (χ2n) is 9.00. The summed E-state index contributed by atoms with van der Waals surface area (Å²) in [4.78, 5) is 31.7. The second kappa shape index (κ2) is 11.1. The average molecular weight is 460 g/mol. The highest BCUT2D eigenvalue weighted by molar-refractivity contribution is 6.00. The van der Waals surface area contributed by atoms with E-state index in [0.717, 1.165) is 65.9 Å². The zero-order valence-electron chi connectivity index (χ0n) is 19.9. The molecule has 34 heavy (non-hydrogen) atoms. The van der Waals surface area contributed by atoms with Crippen LogP contribution in [-0.4, -0.2) is 54.0 Å². The predicted octanol–water partition coefficient (Wildman–Crippen LogP) is 3.80. The third kappa shape index (κ3) is 6.32. The molecule has 0 aliphatic carbocycles. The number of piperidine rings is 1. The zero-order chi connectivity index (χ0) is 23.9. The van der Waals surface area contributed by atoms with Gasteiger partial charge in [-0.1, -0.05) is 42.5 Å². The average Bonchev–Trinajstić information content (AvgIpc) is 2.81. The Morgan fingerprint density at radius 2 is 1.76 bits per heavy atom. The van der Waals surface area contributed by atoms with Crippen molar-refractivity contribution >= 4 is 28.5 Å². The van der Waals surface area contributed by atoms with Crippen molar-refractivity contribution in [2.45, 2.75) is 39.2 Å². The van der Waals surface area contributed by atoms with E-state index < -0.39 is 0 Å². The maximum Gasteiger partial charge on any atom is 0.319 e. The largest absolute Gasteiger partial charge is 0.353 e. The summed E-state index contributed by atoms with van der Waals surface area (Å²) in [5.74, 6) is 0.0879. The van der Waals surface area contributed by atoms with Crippen LogP contribution in [0.5, 0.6) is 0 Å². The molecule has 1 saturated heterocycles. The maximum atomic E-state index is 12.4. The monoisotopic (exact) mass is 459 g/mol. The number of benzene rings is 2. The molecule has 2 heterocycles. The van der Waals surface area contributed by atoms with E-state index in [-0.39, 0.29) is 18.0 Å². The second-order valence-corrected chi connectivity index (χ2v) is 9.00. The number of aromatic nitrogens is 1. The minimum absolute atomic E-state index is 0.0879. The summed E-state index contributed by atoms with van der Waals surface area (Å²) >= 11 is 0. The van der Waals surface area contributed by atoms with E-state index in [2.05, 4.69) is 25.8 Å². The lowest BCUT2D eigenvalue weighted by molar-refractivity contribution is -0.121. The van der Waals surface area contributed by atoms with Crippen molar-refractivity contribution in [2.75, 3.05) is 31.5 Å². The van der Waals surface area contributed by atoms with E-state index in [4.69, 9.17) is 0 Å². The van der Waals surface area contributed by atoms with Crippen LogP contribution in [0.3, 0.4) is 0 Å². The predicted molar refractivity (Wildman–Crippen MR) is 136 cm³/mol. The molecule has 7 heteroatoms. The molecule has 0 spiro atoms. The Labute approximate surface area is 200 Å². The quantitative estimate of drug-likeness (QED) is 0.502. The molecular weight excluding hydrogens is 426 g/mol. The standard InChI is InChI=1S/C27H33N5O2/c1-19-7-3-4-8-21(19)18-26(33)30-22-11-14-32(15-12-22)16-13-28-27(34)31-25-17-20(2)29-24-10-6-5-9-23(24)25/h3-10,17,22H,11-16,18H2,1-2H3,(H,30,33)(H2,28,29,31,34). The van der Waals surface area contributed by atoms with E-state index in [1.54, 1.807) is 0 Å². The fourth-order valence-electron chi connectivity index (χ4n) is 4.47. The molecule has 178 valence electrons. The summed E-state index contributed by atoms with van der Waals surface area (Å²) in [6, 6.07) is 17.7. The molecule has 0 radical (unpaired) electrons. The number of anilines is 1. The van der Waals surface area contributed by atoms with Crippen LogP contribution in [0.1, 0.15) is 29.7 Å². The van der Waals surface area contributed by atoms with E-state index in [1.165, 1.54) is 0 Å². The molecule has 2 aromatic carbocycles. The van der Waals surface area contributed by atoms with Crippen LogP contribution in [0.2, 0.25) is 0 Å². The number of nitrogens with zero attached hydrogens (tertiary/aromatic N) is 2. The number of carbonyl (C=O) groups excluding carboxylic acids is 2. The van der Waals surface area contributed by atoms with Gasteiger partial charge in [-0.2, -0.15) is 0 Å². The van der Waals surface area contributed by atoms with Gasteiger partial charge in [0.05, 0.1) is 17.6 Å². The minimum Gasteiger partial charge on any atom is -0.353 e. The van der Waals surface area contributed by atoms with Crippen molar-refractivity contribution in [3.05, 3.63) is 71.4 Å². The lowest BCUT2D eigenvalue weighted by Crippen LogP contribution is -2.47. The highest BCUT2D eigenvalue weighted by Crippen LogP contribution is 2.22. The zero-order valence-corrected chi connectivity index (χ0v) is 19.9. The fourth-order valence-corrected chi connectivity index (χ4v) is 4.47. The summed E-state index contributed by atoms with van der Waals surface area (Å²) in [5, 5.41) is 10.0. The lowest BCUT2D eigenvalue weighted by Gasteiger charge is -2.32. The molecule has 0 atom stereocenters. The Morgan fingerprint density at radius 3 is 2.56 bits per heavy atom. The molecule has 1 aliphatic rings. The Kier molecular flexibility index (Phi) is 7.75. The number of hydrogen-bond donors (Lipinski definition) is 3. The molecule has 0 unspecified atom stereocenters. The maximum absolute atomic E-state index is 12.4. The van der Waals surface area contributed by atoms with Crippen molar-refractivity contribution < 1.29 is 9.59 Å². The minimum atomic E-state index is -0.214. The Bertz CT molecular complexity index is 1150. The number of fused-ring (bicyclic) bond motifs is 1. The number of amides is 3. The summed E-state index contributed by atoms with van der Waals surface area (Å²) in [7, 11) is 0. The van der Waals surface area contributed by atoms with Gasteiger partial charge in [0, 0.05) is 43.3 Å². The number of carbonyl (C=O) groups is 2. The molecule has 3 amide bonds. The molecule has 7 nitrogen and oxygen atoms in total. The van der Waals surface area contributed by atoms with E-state index in [1.807, 2.05) is 68.4 Å². The number of urea groups is 1. The van der Waals surface area contributed by atoms with Gasteiger partial charge in [0.15, 0.2) is 0 Å². The van der Waals surface area contributed by atoms with Crippen LogP contribution in [0.15, 0.2) is 54.6 Å². The number of likely N-dealkylation sites (tertiary alicyclic amines) is 1. The van der Waals surface area contributed by atoms with Gasteiger partial charge in [0.25, 0.3) is 0 Å². The number of aryl methyl sites for hydroxylation is 2. The van der Waals surface area contributed by atoms with Crippen molar-refractivity contribution in [3.63, 3.8) is 0 Å². The van der Waals surface area contributed by atoms with Crippen LogP contribution in [0.4, 0.5) is 10.5 Å².